The van der Waals surface area contributed by atoms with E-state index in [0.29, 0.717) is 17.5 Å². The smallest absolute Gasteiger partial charge is 0.246 e. The van der Waals surface area contributed by atoms with Gasteiger partial charge in [0, 0.05) is 24.7 Å². The number of carbonyl (C=O) groups excluding carboxylic acids is 1. The van der Waals surface area contributed by atoms with Crippen LogP contribution in [0.4, 0.5) is 5.88 Å². The van der Waals surface area contributed by atoms with Gasteiger partial charge in [-0.05, 0) is 45.6 Å². The normalized spacial score (nSPS) is 16.8. The van der Waals surface area contributed by atoms with Gasteiger partial charge in [-0.25, -0.2) is 0 Å². The SMILES string of the molecule is CC(C)(NCCC1CCOCC1)C(=O)Nc1cc(C(C)(C)CO)no1. The van der Waals surface area contributed by atoms with Crippen LogP contribution in [0.5, 0.6) is 0 Å². The molecule has 1 saturated heterocycles. The van der Waals surface area contributed by atoms with Crippen molar-refractivity contribution >= 4 is 11.8 Å². The molecule has 7 nitrogen and oxygen atoms in total. The van der Waals surface area contributed by atoms with Gasteiger partial charge in [0.05, 0.1) is 17.8 Å². The quantitative estimate of drug-likeness (QED) is 0.662. The number of nitrogens with one attached hydrogen (secondary N) is 2. The lowest BCUT2D eigenvalue weighted by molar-refractivity contribution is -0.121. The third kappa shape index (κ3) is 5.52. The Morgan fingerprint density at radius 2 is 2.00 bits per heavy atom. The third-order valence-corrected chi connectivity index (χ3v) is 4.86. The Kier molecular flexibility index (Phi) is 6.59. The van der Waals surface area contributed by atoms with E-state index in [4.69, 9.17) is 9.26 Å². The van der Waals surface area contributed by atoms with E-state index in [9.17, 15) is 9.90 Å². The van der Waals surface area contributed by atoms with Crippen LogP contribution < -0.4 is 10.6 Å². The van der Waals surface area contributed by atoms with E-state index >= 15 is 0 Å². The Morgan fingerprint density at radius 1 is 1.32 bits per heavy atom. The highest BCUT2D eigenvalue weighted by Gasteiger charge is 2.30. The predicted octanol–water partition coefficient (Wildman–Crippen LogP) is 2.07. The van der Waals surface area contributed by atoms with Crippen molar-refractivity contribution in [1.82, 2.24) is 10.5 Å². The van der Waals surface area contributed by atoms with Gasteiger partial charge in [-0.15, -0.1) is 0 Å². The number of hydrogen-bond donors (Lipinski definition) is 3. The molecule has 1 aliphatic rings. The molecule has 2 rings (SSSR count). The van der Waals surface area contributed by atoms with Crippen molar-refractivity contribution in [3.05, 3.63) is 11.8 Å². The van der Waals surface area contributed by atoms with E-state index in [1.54, 1.807) is 6.07 Å². The number of rotatable bonds is 8. The van der Waals surface area contributed by atoms with Crippen molar-refractivity contribution in [3.63, 3.8) is 0 Å². The van der Waals surface area contributed by atoms with Crippen molar-refractivity contribution in [2.75, 3.05) is 31.7 Å². The topological polar surface area (TPSA) is 96.6 Å². The van der Waals surface area contributed by atoms with Gasteiger partial charge in [0.2, 0.25) is 11.8 Å². The largest absolute Gasteiger partial charge is 0.395 e. The summed E-state index contributed by atoms with van der Waals surface area (Å²) in [6.45, 7) is 9.83. The molecule has 2 heterocycles. The molecule has 142 valence electrons. The summed E-state index contributed by atoms with van der Waals surface area (Å²) >= 11 is 0. The Hall–Kier alpha value is -1.44. The first kappa shape index (κ1) is 19.9. The minimum absolute atomic E-state index is 0.0494. The molecule has 0 saturated carbocycles. The number of aliphatic hydroxyl groups excluding tert-OH is 1. The highest BCUT2D eigenvalue weighted by atomic mass is 16.5. The van der Waals surface area contributed by atoms with Crippen molar-refractivity contribution in [1.29, 1.82) is 0 Å². The minimum atomic E-state index is -0.718. The Labute approximate surface area is 149 Å². The highest BCUT2D eigenvalue weighted by molar-refractivity contribution is 5.96. The van der Waals surface area contributed by atoms with Crippen LogP contribution in [0.2, 0.25) is 0 Å². The lowest BCUT2D eigenvalue weighted by Crippen LogP contribution is -2.50. The fraction of sp³-hybridized carbons (Fsp3) is 0.778. The zero-order valence-electron chi connectivity index (χ0n) is 15.7. The summed E-state index contributed by atoms with van der Waals surface area (Å²) in [5, 5.41) is 19.4. The predicted molar refractivity (Wildman–Crippen MR) is 95.5 cm³/mol. The lowest BCUT2D eigenvalue weighted by Gasteiger charge is -2.27. The molecule has 1 amide bonds. The van der Waals surface area contributed by atoms with Crippen molar-refractivity contribution in [2.24, 2.45) is 5.92 Å². The first-order chi connectivity index (χ1) is 11.7. The summed E-state index contributed by atoms with van der Waals surface area (Å²) in [6.07, 6.45) is 3.22. The summed E-state index contributed by atoms with van der Waals surface area (Å²) in [4.78, 5) is 12.5. The van der Waals surface area contributed by atoms with Crippen molar-refractivity contribution in [2.45, 2.75) is 57.9 Å². The first-order valence-corrected chi connectivity index (χ1v) is 8.97. The summed E-state index contributed by atoms with van der Waals surface area (Å²) in [6, 6.07) is 1.66. The second-order valence-electron chi connectivity index (χ2n) is 7.97. The molecule has 0 aromatic carbocycles. The number of aromatic nitrogens is 1. The van der Waals surface area contributed by atoms with Gasteiger partial charge in [0.25, 0.3) is 0 Å². The maximum atomic E-state index is 12.5. The maximum Gasteiger partial charge on any atom is 0.246 e. The number of hydrogen-bond acceptors (Lipinski definition) is 6. The van der Waals surface area contributed by atoms with Crippen LogP contribution in [0.25, 0.3) is 0 Å². The molecule has 0 aliphatic carbocycles. The van der Waals surface area contributed by atoms with E-state index in [2.05, 4.69) is 15.8 Å². The monoisotopic (exact) mass is 353 g/mol. The van der Waals surface area contributed by atoms with Gasteiger partial charge in [-0.1, -0.05) is 19.0 Å². The molecule has 7 heteroatoms. The summed E-state index contributed by atoms with van der Waals surface area (Å²) < 4.78 is 10.6. The number of nitrogens with zero attached hydrogens (tertiary/aromatic N) is 1. The van der Waals surface area contributed by atoms with E-state index in [-0.39, 0.29) is 12.5 Å². The Morgan fingerprint density at radius 3 is 2.64 bits per heavy atom. The minimum Gasteiger partial charge on any atom is -0.395 e. The molecule has 25 heavy (non-hydrogen) atoms. The van der Waals surface area contributed by atoms with Crippen molar-refractivity contribution in [3.8, 4) is 0 Å². The Balaban J connectivity index is 1.83. The lowest BCUT2D eigenvalue weighted by atomic mass is 9.91. The zero-order chi connectivity index (χ0) is 18.5. The number of carbonyl (C=O) groups is 1. The van der Waals surface area contributed by atoms with Gasteiger partial charge in [-0.3, -0.25) is 10.1 Å². The van der Waals surface area contributed by atoms with Crippen LogP contribution in [-0.2, 0) is 14.9 Å². The average Bonchev–Trinajstić information content (AvgIpc) is 3.05. The van der Waals surface area contributed by atoms with E-state index < -0.39 is 11.0 Å². The fourth-order valence-electron chi connectivity index (χ4n) is 2.71. The third-order valence-electron chi connectivity index (χ3n) is 4.86. The number of ether oxygens (including phenoxy) is 1. The van der Waals surface area contributed by atoms with Crippen LogP contribution in [0.15, 0.2) is 10.6 Å². The van der Waals surface area contributed by atoms with Gasteiger partial charge < -0.3 is 19.7 Å². The molecule has 0 bridgehead atoms. The molecule has 0 spiro atoms. The van der Waals surface area contributed by atoms with Gasteiger partial charge >= 0.3 is 0 Å². The van der Waals surface area contributed by atoms with E-state index in [1.165, 1.54) is 0 Å². The standard InChI is InChI=1S/C18H31N3O4/c1-17(2,12-22)14-11-15(25-21-14)20-16(23)18(3,4)19-8-5-13-6-9-24-10-7-13/h11,13,19,22H,5-10,12H2,1-4H3,(H,20,23). The molecule has 1 aromatic rings. The molecule has 0 unspecified atom stereocenters. The molecule has 1 fully saturated rings. The fourth-order valence-corrected chi connectivity index (χ4v) is 2.71. The summed E-state index contributed by atoms with van der Waals surface area (Å²) in [5.74, 6) is 0.780. The summed E-state index contributed by atoms with van der Waals surface area (Å²) in [5.41, 5.74) is -0.621. The molecule has 3 N–H and O–H groups in total. The van der Waals surface area contributed by atoms with Gasteiger partial charge in [0.15, 0.2) is 0 Å². The summed E-state index contributed by atoms with van der Waals surface area (Å²) in [7, 11) is 0. The van der Waals surface area contributed by atoms with Gasteiger partial charge in [0.1, 0.15) is 0 Å². The second kappa shape index (κ2) is 8.29. The van der Waals surface area contributed by atoms with Crippen LogP contribution in [0.1, 0.15) is 52.7 Å². The zero-order valence-corrected chi connectivity index (χ0v) is 15.7. The van der Waals surface area contributed by atoms with Crippen LogP contribution in [0, 0.1) is 5.92 Å². The molecular formula is C18H31N3O4. The number of anilines is 1. The van der Waals surface area contributed by atoms with Crippen molar-refractivity contribution < 1.29 is 19.2 Å². The number of amides is 1. The molecule has 0 radical (unpaired) electrons. The number of aliphatic hydroxyl groups is 1. The van der Waals surface area contributed by atoms with E-state index in [1.807, 2.05) is 27.7 Å². The van der Waals surface area contributed by atoms with Crippen LogP contribution >= 0.6 is 0 Å². The first-order valence-electron chi connectivity index (χ1n) is 8.97. The molecule has 1 aliphatic heterocycles. The molecular weight excluding hydrogens is 322 g/mol. The average molecular weight is 353 g/mol. The second-order valence-corrected chi connectivity index (χ2v) is 7.97. The maximum absolute atomic E-state index is 12.5. The highest BCUT2D eigenvalue weighted by Crippen LogP contribution is 2.24. The van der Waals surface area contributed by atoms with E-state index in [0.717, 1.165) is 39.0 Å². The Bertz CT molecular complexity index is 562. The molecule has 1 aromatic heterocycles. The van der Waals surface area contributed by atoms with Crippen LogP contribution in [0.3, 0.4) is 0 Å². The molecule has 0 atom stereocenters. The van der Waals surface area contributed by atoms with Gasteiger partial charge in [-0.2, -0.15) is 0 Å². The van der Waals surface area contributed by atoms with Crippen LogP contribution in [-0.4, -0.2) is 48.1 Å².